The minimum absolute atomic E-state index is 0.0546. The third-order valence-electron chi connectivity index (χ3n) is 3.40. The molecular weight excluding hydrogens is 342 g/mol. The highest BCUT2D eigenvalue weighted by atomic mass is 32.2. The molecule has 2 rings (SSSR count). The molecule has 0 aliphatic carbocycles. The molecule has 2 N–H and O–H groups in total. The Kier molecular flexibility index (Phi) is 7.05. The van der Waals surface area contributed by atoms with Crippen LogP contribution < -0.4 is 10.0 Å². The van der Waals surface area contributed by atoms with Gasteiger partial charge < -0.3 is 10.1 Å². The summed E-state index contributed by atoms with van der Waals surface area (Å²) in [6.45, 7) is 1.06. The lowest BCUT2D eigenvalue weighted by Crippen LogP contribution is -2.26. The van der Waals surface area contributed by atoms with Crippen molar-refractivity contribution in [2.24, 2.45) is 0 Å². The highest BCUT2D eigenvalue weighted by molar-refractivity contribution is 7.89. The molecule has 0 radical (unpaired) electrons. The summed E-state index contributed by atoms with van der Waals surface area (Å²) in [6.07, 6.45) is 3.88. The SMILES string of the molecule is COCCCNS(=O)(=O)c1cccc(C(=O)NCc2cccnc2)c1. The van der Waals surface area contributed by atoms with E-state index in [9.17, 15) is 13.2 Å². The van der Waals surface area contributed by atoms with Crippen molar-refractivity contribution in [2.75, 3.05) is 20.3 Å². The van der Waals surface area contributed by atoms with E-state index in [1.54, 1.807) is 37.7 Å². The zero-order chi connectivity index (χ0) is 18.1. The van der Waals surface area contributed by atoms with Crippen molar-refractivity contribution in [1.82, 2.24) is 15.0 Å². The van der Waals surface area contributed by atoms with Crippen molar-refractivity contribution in [3.05, 3.63) is 59.9 Å². The molecule has 7 nitrogen and oxygen atoms in total. The summed E-state index contributed by atoms with van der Waals surface area (Å²) in [6, 6.07) is 9.56. The second kappa shape index (κ2) is 9.26. The molecule has 0 unspecified atom stereocenters. The van der Waals surface area contributed by atoms with Gasteiger partial charge in [-0.15, -0.1) is 0 Å². The van der Waals surface area contributed by atoms with Crippen LogP contribution in [0.3, 0.4) is 0 Å². The molecule has 0 fully saturated rings. The van der Waals surface area contributed by atoms with Gasteiger partial charge in [0.05, 0.1) is 4.90 Å². The van der Waals surface area contributed by atoms with Gasteiger partial charge in [-0.3, -0.25) is 9.78 Å². The molecule has 25 heavy (non-hydrogen) atoms. The summed E-state index contributed by atoms with van der Waals surface area (Å²) in [4.78, 5) is 16.3. The predicted octanol–water partition coefficient (Wildman–Crippen LogP) is 1.33. The number of sulfonamides is 1. The zero-order valence-electron chi connectivity index (χ0n) is 13.9. The second-order valence-electron chi connectivity index (χ2n) is 5.32. The van der Waals surface area contributed by atoms with E-state index in [1.165, 1.54) is 12.1 Å². The molecule has 1 heterocycles. The van der Waals surface area contributed by atoms with Crippen LogP contribution in [-0.2, 0) is 21.3 Å². The van der Waals surface area contributed by atoms with E-state index in [0.717, 1.165) is 5.56 Å². The van der Waals surface area contributed by atoms with E-state index in [1.807, 2.05) is 6.07 Å². The third kappa shape index (κ3) is 5.93. The number of pyridine rings is 1. The first-order valence-electron chi connectivity index (χ1n) is 7.79. The number of benzene rings is 1. The van der Waals surface area contributed by atoms with Gasteiger partial charge in [-0.05, 0) is 36.2 Å². The number of aromatic nitrogens is 1. The fraction of sp³-hybridized carbons (Fsp3) is 0.294. The average Bonchev–Trinajstić information content (AvgIpc) is 2.64. The lowest BCUT2D eigenvalue weighted by molar-refractivity contribution is 0.0950. The van der Waals surface area contributed by atoms with Crippen LogP contribution in [0.5, 0.6) is 0 Å². The summed E-state index contributed by atoms with van der Waals surface area (Å²) in [5, 5.41) is 2.74. The minimum Gasteiger partial charge on any atom is -0.385 e. The lowest BCUT2D eigenvalue weighted by Gasteiger charge is -2.09. The maximum absolute atomic E-state index is 12.3. The second-order valence-corrected chi connectivity index (χ2v) is 7.08. The van der Waals surface area contributed by atoms with Gasteiger partial charge in [-0.1, -0.05) is 12.1 Å². The molecule has 1 amide bonds. The van der Waals surface area contributed by atoms with Crippen molar-refractivity contribution in [3.8, 4) is 0 Å². The maximum atomic E-state index is 12.3. The largest absolute Gasteiger partial charge is 0.385 e. The summed E-state index contributed by atoms with van der Waals surface area (Å²) in [7, 11) is -2.10. The Morgan fingerprint density at radius 3 is 2.80 bits per heavy atom. The van der Waals surface area contributed by atoms with Gasteiger partial charge in [0.25, 0.3) is 5.91 Å². The molecule has 134 valence electrons. The van der Waals surface area contributed by atoms with E-state index in [2.05, 4.69) is 15.0 Å². The van der Waals surface area contributed by atoms with Gasteiger partial charge in [0.1, 0.15) is 0 Å². The first-order valence-corrected chi connectivity index (χ1v) is 9.27. The average molecular weight is 363 g/mol. The molecule has 0 saturated heterocycles. The van der Waals surface area contributed by atoms with Crippen LogP contribution in [0.4, 0.5) is 0 Å². The highest BCUT2D eigenvalue weighted by Crippen LogP contribution is 2.12. The Bertz CT molecular complexity index is 795. The molecule has 2 aromatic rings. The number of carbonyl (C=O) groups excluding carboxylic acids is 1. The van der Waals surface area contributed by atoms with Crippen LogP contribution in [0, 0.1) is 0 Å². The van der Waals surface area contributed by atoms with Crippen LogP contribution in [0.1, 0.15) is 22.3 Å². The molecule has 0 bridgehead atoms. The monoisotopic (exact) mass is 363 g/mol. The van der Waals surface area contributed by atoms with Crippen LogP contribution in [0.15, 0.2) is 53.7 Å². The number of hydrogen-bond donors (Lipinski definition) is 2. The zero-order valence-corrected chi connectivity index (χ0v) is 14.8. The molecule has 0 aliphatic rings. The number of methoxy groups -OCH3 is 1. The third-order valence-corrected chi connectivity index (χ3v) is 4.86. The number of ether oxygens (including phenoxy) is 1. The van der Waals surface area contributed by atoms with Gasteiger partial charge in [0.2, 0.25) is 10.0 Å². The molecule has 0 atom stereocenters. The molecular formula is C17H21N3O4S. The summed E-state index contributed by atoms with van der Waals surface area (Å²) in [5.41, 5.74) is 1.14. The number of nitrogens with zero attached hydrogens (tertiary/aromatic N) is 1. The topological polar surface area (TPSA) is 97.4 Å². The Morgan fingerprint density at radius 2 is 2.08 bits per heavy atom. The molecule has 8 heteroatoms. The molecule has 0 saturated carbocycles. The Morgan fingerprint density at radius 1 is 1.24 bits per heavy atom. The van der Waals surface area contributed by atoms with Gasteiger partial charge in [0, 0.05) is 44.8 Å². The van der Waals surface area contributed by atoms with Gasteiger partial charge in [-0.25, -0.2) is 13.1 Å². The van der Waals surface area contributed by atoms with Crippen LogP contribution in [0.2, 0.25) is 0 Å². The summed E-state index contributed by atoms with van der Waals surface area (Å²) < 4.78 is 31.9. The Balaban J connectivity index is 2.00. The predicted molar refractivity (Wildman–Crippen MR) is 93.5 cm³/mol. The van der Waals surface area contributed by atoms with E-state index >= 15 is 0 Å². The van der Waals surface area contributed by atoms with E-state index in [0.29, 0.717) is 19.6 Å². The van der Waals surface area contributed by atoms with E-state index in [4.69, 9.17) is 4.74 Å². The Labute approximate surface area is 147 Å². The van der Waals surface area contributed by atoms with Crippen LogP contribution >= 0.6 is 0 Å². The quantitative estimate of drug-likeness (QED) is 0.655. The van der Waals surface area contributed by atoms with Crippen LogP contribution in [0.25, 0.3) is 0 Å². The molecule has 0 spiro atoms. The maximum Gasteiger partial charge on any atom is 0.251 e. The fourth-order valence-electron chi connectivity index (χ4n) is 2.10. The molecule has 0 aliphatic heterocycles. The standard InChI is InChI=1S/C17H21N3O4S/c1-24-10-4-9-20-25(22,23)16-7-2-6-15(11-16)17(21)19-13-14-5-3-8-18-12-14/h2-3,5-8,11-12,20H,4,9-10,13H2,1H3,(H,19,21). The first-order chi connectivity index (χ1) is 12.0. The van der Waals surface area contributed by atoms with Crippen molar-refractivity contribution >= 4 is 15.9 Å². The van der Waals surface area contributed by atoms with Gasteiger partial charge in [0.15, 0.2) is 0 Å². The van der Waals surface area contributed by atoms with Gasteiger partial charge in [-0.2, -0.15) is 0 Å². The number of carbonyl (C=O) groups is 1. The number of amides is 1. The first kappa shape index (κ1) is 19.0. The smallest absolute Gasteiger partial charge is 0.251 e. The van der Waals surface area contributed by atoms with Gasteiger partial charge >= 0.3 is 0 Å². The van der Waals surface area contributed by atoms with E-state index in [-0.39, 0.29) is 22.9 Å². The van der Waals surface area contributed by atoms with Crippen molar-refractivity contribution in [3.63, 3.8) is 0 Å². The number of nitrogens with one attached hydrogen (secondary N) is 2. The summed E-state index contributed by atoms with van der Waals surface area (Å²) >= 11 is 0. The molecule has 1 aromatic carbocycles. The van der Waals surface area contributed by atoms with Crippen molar-refractivity contribution in [2.45, 2.75) is 17.9 Å². The Hall–Kier alpha value is -2.29. The fourth-order valence-corrected chi connectivity index (χ4v) is 3.22. The number of rotatable bonds is 9. The number of hydrogen-bond acceptors (Lipinski definition) is 5. The van der Waals surface area contributed by atoms with Crippen molar-refractivity contribution in [1.29, 1.82) is 0 Å². The normalized spacial score (nSPS) is 11.2. The molecule has 1 aromatic heterocycles. The highest BCUT2D eigenvalue weighted by Gasteiger charge is 2.15. The lowest BCUT2D eigenvalue weighted by atomic mass is 10.2. The van der Waals surface area contributed by atoms with E-state index < -0.39 is 10.0 Å². The summed E-state index contributed by atoms with van der Waals surface area (Å²) in [5.74, 6) is -0.347. The van der Waals surface area contributed by atoms with Crippen LogP contribution in [-0.4, -0.2) is 39.6 Å². The minimum atomic E-state index is -3.66. The van der Waals surface area contributed by atoms with Crippen molar-refractivity contribution < 1.29 is 17.9 Å².